The molecule has 32 heavy (non-hydrogen) atoms. The molecule has 2 aliphatic rings. The van der Waals surface area contributed by atoms with E-state index < -0.39 is 43.8 Å². The van der Waals surface area contributed by atoms with Crippen LogP contribution in [0.5, 0.6) is 0 Å². The van der Waals surface area contributed by atoms with Crippen molar-refractivity contribution in [1.29, 1.82) is 5.26 Å². The number of anilines is 1. The summed E-state index contributed by atoms with van der Waals surface area (Å²) in [5.41, 5.74) is 5.55. The zero-order chi connectivity index (χ0) is 23.3. The van der Waals surface area contributed by atoms with Gasteiger partial charge in [-0.05, 0) is 33.8 Å². The molecule has 4 heterocycles. The number of phosphoric ester groups is 1. The molecule has 2 aromatic rings. The number of fused-ring (bicyclic) bond motifs is 2. The number of rotatable bonds is 7. The van der Waals surface area contributed by atoms with Crippen LogP contribution in [0.2, 0.25) is 0 Å². The molecule has 0 spiro atoms. The van der Waals surface area contributed by atoms with Gasteiger partial charge >= 0.3 is 7.82 Å². The van der Waals surface area contributed by atoms with Crippen LogP contribution in [0.15, 0.2) is 18.6 Å². The zero-order valence-electron chi connectivity index (χ0n) is 18.2. The summed E-state index contributed by atoms with van der Waals surface area (Å²) >= 11 is 0. The van der Waals surface area contributed by atoms with E-state index in [1.165, 1.54) is 6.33 Å². The minimum absolute atomic E-state index is 0.0399. The van der Waals surface area contributed by atoms with Gasteiger partial charge in [0, 0.05) is 6.20 Å². The molecule has 2 saturated heterocycles. The molecule has 2 aromatic heterocycles. The lowest BCUT2D eigenvalue weighted by Crippen LogP contribution is -2.44. The minimum atomic E-state index is -4.42. The van der Waals surface area contributed by atoms with E-state index >= 15 is 0 Å². The van der Waals surface area contributed by atoms with Crippen LogP contribution in [-0.4, -0.2) is 55.7 Å². The summed E-state index contributed by atoms with van der Waals surface area (Å²) in [7, 11) is -4.42. The lowest BCUT2D eigenvalue weighted by Gasteiger charge is -2.30. The number of hydrogen-bond donors (Lipinski definition) is 2. The summed E-state index contributed by atoms with van der Waals surface area (Å²) in [5.74, 6) is -0.593. The van der Waals surface area contributed by atoms with Gasteiger partial charge < -0.3 is 29.4 Å². The summed E-state index contributed by atoms with van der Waals surface area (Å²) in [6, 6.07) is 3.62. The van der Waals surface area contributed by atoms with Gasteiger partial charge in [0.15, 0.2) is 12.0 Å². The molecule has 4 rings (SSSR count). The Morgan fingerprint density at radius 1 is 1.44 bits per heavy atom. The molecule has 1 unspecified atom stereocenters. The summed E-state index contributed by atoms with van der Waals surface area (Å²) in [6.45, 7) is 6.78. The van der Waals surface area contributed by atoms with Crippen molar-refractivity contribution in [1.82, 2.24) is 14.5 Å². The van der Waals surface area contributed by atoms with Crippen molar-refractivity contribution in [3.8, 4) is 6.07 Å². The first-order valence-electron chi connectivity index (χ1n) is 10.1. The van der Waals surface area contributed by atoms with Crippen LogP contribution in [0.3, 0.4) is 0 Å². The first-order valence-corrected chi connectivity index (χ1v) is 11.6. The van der Waals surface area contributed by atoms with E-state index in [4.69, 9.17) is 34.3 Å². The third-order valence-corrected chi connectivity index (χ3v) is 6.65. The Kier molecular flexibility index (Phi) is 5.80. The Morgan fingerprint density at radius 2 is 2.19 bits per heavy atom. The fourth-order valence-corrected chi connectivity index (χ4v) is 5.28. The van der Waals surface area contributed by atoms with Gasteiger partial charge in [-0.3, -0.25) is 9.05 Å². The Bertz CT molecular complexity index is 1100. The minimum Gasteiger partial charge on any atom is -0.383 e. The average Bonchev–Trinajstić information content (AvgIpc) is 3.29. The van der Waals surface area contributed by atoms with E-state index in [1.807, 2.05) is 13.0 Å². The van der Waals surface area contributed by atoms with Gasteiger partial charge in [0.25, 0.3) is 0 Å². The summed E-state index contributed by atoms with van der Waals surface area (Å²) in [4.78, 5) is 18.4. The molecule has 0 radical (unpaired) electrons. The Morgan fingerprint density at radius 3 is 2.91 bits per heavy atom. The number of phosphoric acid groups is 1. The SMILES string of the molecule is C[C@H](OP(=O)(O)OCCC#N)[C@H]1O[C@@H](n2ccc3c(N)ncnc32)[C@]2(C)OC(C)(C)O[C@H]12. The predicted molar refractivity (Wildman–Crippen MR) is 111 cm³/mol. The number of ether oxygens (including phenoxy) is 3. The molecule has 13 heteroatoms. The maximum Gasteiger partial charge on any atom is 0.472 e. The van der Waals surface area contributed by atoms with Crippen LogP contribution in [0, 0.1) is 11.3 Å². The van der Waals surface area contributed by atoms with E-state index in [9.17, 15) is 9.46 Å². The van der Waals surface area contributed by atoms with Crippen LogP contribution in [0.4, 0.5) is 5.82 Å². The van der Waals surface area contributed by atoms with Crippen molar-refractivity contribution in [2.75, 3.05) is 12.3 Å². The molecular formula is C19H26N5O7P. The number of nitrogens with two attached hydrogens (primary N) is 1. The average molecular weight is 467 g/mol. The van der Waals surface area contributed by atoms with Crippen molar-refractivity contribution >= 4 is 24.7 Å². The fourth-order valence-electron chi connectivity index (χ4n) is 4.36. The number of nitrogen functional groups attached to an aromatic ring is 1. The van der Waals surface area contributed by atoms with Gasteiger partial charge in [-0.1, -0.05) is 0 Å². The van der Waals surface area contributed by atoms with Crippen molar-refractivity contribution in [2.45, 2.75) is 70.0 Å². The fraction of sp³-hybridized carbons (Fsp3) is 0.632. The highest BCUT2D eigenvalue weighted by Crippen LogP contribution is 2.54. The van der Waals surface area contributed by atoms with Crippen molar-refractivity contribution < 1.29 is 32.7 Å². The van der Waals surface area contributed by atoms with Crippen LogP contribution < -0.4 is 5.73 Å². The third kappa shape index (κ3) is 4.02. The van der Waals surface area contributed by atoms with Crippen molar-refractivity contribution in [3.05, 3.63) is 18.6 Å². The molecule has 0 amide bonds. The van der Waals surface area contributed by atoms with Crippen molar-refractivity contribution in [3.63, 3.8) is 0 Å². The smallest absolute Gasteiger partial charge is 0.383 e. The summed E-state index contributed by atoms with van der Waals surface area (Å²) in [6.07, 6.45) is 0.0882. The quantitative estimate of drug-likeness (QED) is 0.453. The first kappa shape index (κ1) is 23.1. The molecule has 174 valence electrons. The molecular weight excluding hydrogens is 441 g/mol. The molecule has 3 N–H and O–H groups in total. The molecule has 0 saturated carbocycles. The van der Waals surface area contributed by atoms with Crippen LogP contribution in [0.25, 0.3) is 11.0 Å². The molecule has 0 aromatic carbocycles. The third-order valence-electron chi connectivity index (χ3n) is 5.54. The van der Waals surface area contributed by atoms with Gasteiger partial charge in [0.2, 0.25) is 0 Å². The maximum atomic E-state index is 12.3. The Balaban J connectivity index is 1.65. The zero-order valence-corrected chi connectivity index (χ0v) is 19.1. The monoisotopic (exact) mass is 467 g/mol. The predicted octanol–water partition coefficient (Wildman–Crippen LogP) is 2.26. The molecule has 2 fully saturated rings. The largest absolute Gasteiger partial charge is 0.472 e. The topological polar surface area (TPSA) is 164 Å². The van der Waals surface area contributed by atoms with Crippen LogP contribution in [-0.2, 0) is 27.8 Å². The molecule has 2 aliphatic heterocycles. The second kappa shape index (κ2) is 8.04. The van der Waals surface area contributed by atoms with Gasteiger partial charge in [-0.25, -0.2) is 14.5 Å². The number of nitrogens with zero attached hydrogens (tertiary/aromatic N) is 4. The standard InChI is InChI=1S/C19H26N5O7P/c1-11(30-32(25,26)27-9-5-7-20)13-14-19(4,31-18(2,3)29-14)17(28-13)24-8-6-12-15(21)22-10-23-16(12)24/h6,8,10-11,13-14,17H,5,9H2,1-4H3,(H,25,26)(H2,21,22,23)/t11-,13+,14+,17+,19+/m0/s1. The highest BCUT2D eigenvalue weighted by atomic mass is 31.2. The first-order chi connectivity index (χ1) is 15.0. The highest BCUT2D eigenvalue weighted by molar-refractivity contribution is 7.47. The second-order valence-corrected chi connectivity index (χ2v) is 9.82. The summed E-state index contributed by atoms with van der Waals surface area (Å²) < 4.78 is 43.0. The number of nitriles is 1. The van der Waals surface area contributed by atoms with E-state index in [1.54, 1.807) is 37.6 Å². The molecule has 0 bridgehead atoms. The Hall–Kier alpha value is -2.10. The second-order valence-electron chi connectivity index (χ2n) is 8.42. The molecule has 6 atom stereocenters. The van der Waals surface area contributed by atoms with Crippen LogP contribution in [0.1, 0.15) is 40.3 Å². The van der Waals surface area contributed by atoms with Gasteiger partial charge in [0.1, 0.15) is 35.6 Å². The van der Waals surface area contributed by atoms with Gasteiger partial charge in [-0.2, -0.15) is 5.26 Å². The van der Waals surface area contributed by atoms with E-state index in [0.29, 0.717) is 16.9 Å². The van der Waals surface area contributed by atoms with E-state index in [-0.39, 0.29) is 13.0 Å². The van der Waals surface area contributed by atoms with E-state index in [2.05, 4.69) is 9.97 Å². The van der Waals surface area contributed by atoms with Crippen LogP contribution >= 0.6 is 7.82 Å². The normalized spacial score (nSPS) is 31.8. The Labute approximate surface area is 184 Å². The molecule has 12 nitrogen and oxygen atoms in total. The number of aromatic nitrogens is 3. The van der Waals surface area contributed by atoms with Gasteiger partial charge in [-0.15, -0.1) is 0 Å². The lowest BCUT2D eigenvalue weighted by atomic mass is 9.94. The maximum absolute atomic E-state index is 12.3. The molecule has 0 aliphatic carbocycles. The highest BCUT2D eigenvalue weighted by Gasteiger charge is 2.65. The summed E-state index contributed by atoms with van der Waals surface area (Å²) in [5, 5.41) is 9.26. The van der Waals surface area contributed by atoms with Gasteiger partial charge in [0.05, 0.1) is 30.6 Å². The van der Waals surface area contributed by atoms with Crippen molar-refractivity contribution in [2.24, 2.45) is 0 Å². The van der Waals surface area contributed by atoms with E-state index in [0.717, 1.165) is 0 Å². The lowest BCUT2D eigenvalue weighted by molar-refractivity contribution is -0.221. The number of hydrogen-bond acceptors (Lipinski definition) is 10.